The number of rotatable bonds is 9. The summed E-state index contributed by atoms with van der Waals surface area (Å²) in [4.78, 5) is 6.79. The molecule has 0 spiro atoms. The van der Waals surface area contributed by atoms with Crippen molar-refractivity contribution in [3.63, 3.8) is 0 Å². The first-order valence-electron chi connectivity index (χ1n) is 9.74. The number of benzene rings is 1. The lowest BCUT2D eigenvalue weighted by Crippen LogP contribution is -2.50. The maximum absolute atomic E-state index is 5.88. The SMILES string of the molecule is CN=C(NCCCNc1ccccc1)NCC1CN(CC(C)C)CCO1. The van der Waals surface area contributed by atoms with Crippen molar-refractivity contribution in [2.24, 2.45) is 10.9 Å². The molecule has 0 saturated carbocycles. The van der Waals surface area contributed by atoms with Crippen LogP contribution in [0.25, 0.3) is 0 Å². The van der Waals surface area contributed by atoms with Crippen molar-refractivity contribution in [3.05, 3.63) is 30.3 Å². The van der Waals surface area contributed by atoms with Crippen LogP contribution in [0.1, 0.15) is 20.3 Å². The normalized spacial score (nSPS) is 18.8. The van der Waals surface area contributed by atoms with Gasteiger partial charge in [-0.15, -0.1) is 0 Å². The van der Waals surface area contributed by atoms with Crippen LogP contribution in [0.2, 0.25) is 0 Å². The number of nitrogens with one attached hydrogen (secondary N) is 3. The Morgan fingerprint density at radius 2 is 2.04 bits per heavy atom. The van der Waals surface area contributed by atoms with E-state index in [1.807, 2.05) is 25.2 Å². The molecule has 2 rings (SSSR count). The Morgan fingerprint density at radius 1 is 1.23 bits per heavy atom. The lowest BCUT2D eigenvalue weighted by Gasteiger charge is -2.34. The van der Waals surface area contributed by atoms with E-state index in [-0.39, 0.29) is 6.10 Å². The van der Waals surface area contributed by atoms with Gasteiger partial charge in [-0.3, -0.25) is 9.89 Å². The lowest BCUT2D eigenvalue weighted by atomic mass is 10.2. The monoisotopic (exact) mass is 361 g/mol. The van der Waals surface area contributed by atoms with Crippen molar-refractivity contribution in [2.45, 2.75) is 26.4 Å². The fraction of sp³-hybridized carbons (Fsp3) is 0.650. The molecule has 0 aromatic heterocycles. The molecule has 1 unspecified atom stereocenters. The lowest BCUT2D eigenvalue weighted by molar-refractivity contribution is -0.0284. The maximum Gasteiger partial charge on any atom is 0.191 e. The third kappa shape index (κ3) is 8.06. The van der Waals surface area contributed by atoms with Crippen LogP contribution in [0.5, 0.6) is 0 Å². The third-order valence-corrected chi connectivity index (χ3v) is 4.32. The zero-order valence-electron chi connectivity index (χ0n) is 16.5. The standard InChI is InChI=1S/C20H35N5O/c1-17(2)15-25-12-13-26-19(16-25)14-24-20(21-3)23-11-7-10-22-18-8-5-4-6-9-18/h4-6,8-9,17,19,22H,7,10-16H2,1-3H3,(H2,21,23,24). The zero-order chi connectivity index (χ0) is 18.6. The van der Waals surface area contributed by atoms with Crippen molar-refractivity contribution in [3.8, 4) is 0 Å². The van der Waals surface area contributed by atoms with Crippen LogP contribution in [0.3, 0.4) is 0 Å². The van der Waals surface area contributed by atoms with Gasteiger partial charge in [-0.25, -0.2) is 0 Å². The molecular formula is C20H35N5O. The van der Waals surface area contributed by atoms with Gasteiger partial charge in [0.2, 0.25) is 0 Å². The fourth-order valence-corrected chi connectivity index (χ4v) is 3.10. The van der Waals surface area contributed by atoms with E-state index >= 15 is 0 Å². The molecule has 1 aliphatic heterocycles. The summed E-state index contributed by atoms with van der Waals surface area (Å²) in [6.45, 7) is 11.1. The summed E-state index contributed by atoms with van der Waals surface area (Å²) in [5, 5.41) is 10.2. The van der Waals surface area contributed by atoms with E-state index in [2.05, 4.69) is 51.8 Å². The molecule has 6 heteroatoms. The highest BCUT2D eigenvalue weighted by Gasteiger charge is 2.20. The number of para-hydroxylation sites is 1. The van der Waals surface area contributed by atoms with Gasteiger partial charge in [-0.2, -0.15) is 0 Å². The molecule has 1 atom stereocenters. The second kappa shape index (κ2) is 11.8. The van der Waals surface area contributed by atoms with E-state index in [0.717, 1.165) is 63.9 Å². The molecular weight excluding hydrogens is 326 g/mol. The van der Waals surface area contributed by atoms with E-state index in [4.69, 9.17) is 4.74 Å². The summed E-state index contributed by atoms with van der Waals surface area (Å²) in [6.07, 6.45) is 1.25. The second-order valence-electron chi connectivity index (χ2n) is 7.17. The van der Waals surface area contributed by atoms with Crippen LogP contribution >= 0.6 is 0 Å². The number of ether oxygens (including phenoxy) is 1. The highest BCUT2D eigenvalue weighted by Crippen LogP contribution is 2.07. The van der Waals surface area contributed by atoms with E-state index in [0.29, 0.717) is 5.92 Å². The van der Waals surface area contributed by atoms with Crippen molar-refractivity contribution in [1.82, 2.24) is 15.5 Å². The predicted molar refractivity (Wildman–Crippen MR) is 110 cm³/mol. The highest BCUT2D eigenvalue weighted by molar-refractivity contribution is 5.79. The van der Waals surface area contributed by atoms with E-state index in [9.17, 15) is 0 Å². The van der Waals surface area contributed by atoms with E-state index < -0.39 is 0 Å². The average Bonchev–Trinajstić information content (AvgIpc) is 2.64. The molecule has 6 nitrogen and oxygen atoms in total. The summed E-state index contributed by atoms with van der Waals surface area (Å²) in [6, 6.07) is 10.3. The summed E-state index contributed by atoms with van der Waals surface area (Å²) in [7, 11) is 1.81. The van der Waals surface area contributed by atoms with Gasteiger partial charge in [-0.05, 0) is 24.5 Å². The zero-order valence-corrected chi connectivity index (χ0v) is 16.5. The molecule has 3 N–H and O–H groups in total. The molecule has 1 heterocycles. The molecule has 0 bridgehead atoms. The Morgan fingerprint density at radius 3 is 2.77 bits per heavy atom. The van der Waals surface area contributed by atoms with Crippen molar-refractivity contribution in [2.75, 3.05) is 58.2 Å². The van der Waals surface area contributed by atoms with Crippen molar-refractivity contribution in [1.29, 1.82) is 0 Å². The number of guanidine groups is 1. The predicted octanol–water partition coefficient (Wildman–Crippen LogP) is 2.01. The average molecular weight is 362 g/mol. The number of hydrogen-bond acceptors (Lipinski definition) is 4. The first kappa shape index (κ1) is 20.5. The van der Waals surface area contributed by atoms with Crippen molar-refractivity contribution < 1.29 is 4.74 Å². The molecule has 0 amide bonds. The molecule has 1 aromatic carbocycles. The Bertz CT molecular complexity index is 520. The van der Waals surface area contributed by atoms with Gasteiger partial charge in [0.15, 0.2) is 5.96 Å². The quantitative estimate of drug-likeness (QED) is 0.357. The van der Waals surface area contributed by atoms with Gasteiger partial charge >= 0.3 is 0 Å². The van der Waals surface area contributed by atoms with E-state index in [1.165, 1.54) is 0 Å². The largest absolute Gasteiger partial charge is 0.385 e. The summed E-state index contributed by atoms with van der Waals surface area (Å²) in [5.41, 5.74) is 1.16. The van der Waals surface area contributed by atoms with Gasteiger partial charge in [0, 0.05) is 52.0 Å². The number of anilines is 1. The Balaban J connectivity index is 1.58. The number of hydrogen-bond donors (Lipinski definition) is 3. The minimum Gasteiger partial charge on any atom is -0.385 e. The summed E-state index contributed by atoms with van der Waals surface area (Å²) < 4.78 is 5.88. The van der Waals surface area contributed by atoms with Crippen LogP contribution in [0.15, 0.2) is 35.3 Å². The van der Waals surface area contributed by atoms with Crippen LogP contribution in [0, 0.1) is 5.92 Å². The van der Waals surface area contributed by atoms with Gasteiger partial charge in [0.25, 0.3) is 0 Å². The molecule has 1 aliphatic rings. The van der Waals surface area contributed by atoms with Crippen LogP contribution in [-0.2, 0) is 4.74 Å². The van der Waals surface area contributed by atoms with Gasteiger partial charge in [0.1, 0.15) is 0 Å². The minimum absolute atomic E-state index is 0.223. The minimum atomic E-state index is 0.223. The maximum atomic E-state index is 5.88. The second-order valence-corrected chi connectivity index (χ2v) is 7.17. The molecule has 1 aromatic rings. The third-order valence-electron chi connectivity index (χ3n) is 4.32. The Labute approximate surface area is 158 Å². The van der Waals surface area contributed by atoms with Crippen LogP contribution < -0.4 is 16.0 Å². The van der Waals surface area contributed by atoms with Gasteiger partial charge < -0.3 is 20.7 Å². The molecule has 0 radical (unpaired) electrons. The number of nitrogens with zero attached hydrogens (tertiary/aromatic N) is 2. The Kier molecular flexibility index (Phi) is 9.28. The van der Waals surface area contributed by atoms with E-state index in [1.54, 1.807) is 0 Å². The van der Waals surface area contributed by atoms with Crippen molar-refractivity contribution >= 4 is 11.6 Å². The molecule has 146 valence electrons. The molecule has 1 fully saturated rings. The number of morpholine rings is 1. The van der Waals surface area contributed by atoms with Crippen LogP contribution in [-0.4, -0.2) is 69.9 Å². The summed E-state index contributed by atoms with van der Waals surface area (Å²) >= 11 is 0. The molecule has 0 aliphatic carbocycles. The van der Waals surface area contributed by atoms with Crippen LogP contribution in [0.4, 0.5) is 5.69 Å². The van der Waals surface area contributed by atoms with Gasteiger partial charge in [0.05, 0.1) is 12.7 Å². The first-order valence-corrected chi connectivity index (χ1v) is 9.74. The topological polar surface area (TPSA) is 60.9 Å². The fourth-order valence-electron chi connectivity index (χ4n) is 3.10. The highest BCUT2D eigenvalue weighted by atomic mass is 16.5. The smallest absolute Gasteiger partial charge is 0.191 e. The number of aliphatic imine (C=N–C) groups is 1. The first-order chi connectivity index (χ1) is 12.7. The summed E-state index contributed by atoms with van der Waals surface area (Å²) in [5.74, 6) is 1.54. The van der Waals surface area contributed by atoms with Gasteiger partial charge in [-0.1, -0.05) is 32.0 Å². The molecule has 1 saturated heterocycles. The molecule has 26 heavy (non-hydrogen) atoms. The Hall–Kier alpha value is -1.79.